The Labute approximate surface area is 170 Å². The molecule has 0 radical (unpaired) electrons. The van der Waals surface area contributed by atoms with Crippen LogP contribution in [0, 0.1) is 13.8 Å². The monoisotopic (exact) mass is 403 g/mol. The number of aromatic nitrogens is 1. The van der Waals surface area contributed by atoms with Crippen LogP contribution in [0.25, 0.3) is 0 Å². The van der Waals surface area contributed by atoms with Gasteiger partial charge in [0.25, 0.3) is 0 Å². The first kappa shape index (κ1) is 21.9. The fraction of sp³-hybridized carbons (Fsp3) is 0.476. The van der Waals surface area contributed by atoms with Crippen molar-refractivity contribution in [3.05, 3.63) is 44.9 Å². The molecule has 1 aliphatic heterocycles. The van der Waals surface area contributed by atoms with E-state index in [2.05, 4.69) is 43.2 Å². The summed E-state index contributed by atoms with van der Waals surface area (Å²) >= 11 is 1.76. The summed E-state index contributed by atoms with van der Waals surface area (Å²) in [5, 5.41) is 3.52. The highest BCUT2D eigenvalue weighted by molar-refractivity contribution is 7.11. The molecule has 3 rings (SSSR count). The number of amides is 2. The van der Waals surface area contributed by atoms with Crippen molar-refractivity contribution in [3.8, 4) is 0 Å². The maximum Gasteiger partial charge on any atom is 0.414 e. The van der Waals surface area contributed by atoms with Crippen LogP contribution >= 0.6 is 11.3 Å². The lowest BCUT2D eigenvalue weighted by Gasteiger charge is -2.16. The molecule has 0 bridgehead atoms. The molecule has 0 atom stereocenters. The summed E-state index contributed by atoms with van der Waals surface area (Å²) < 4.78 is 5.04. The molecule has 1 aromatic heterocycles. The zero-order valence-electron chi connectivity index (χ0n) is 17.3. The molecule has 0 saturated carbocycles. The quantitative estimate of drug-likeness (QED) is 0.824. The van der Waals surface area contributed by atoms with Crippen molar-refractivity contribution >= 4 is 29.0 Å². The standard InChI is InChI=1S/C18H22N2O2S.C3H7NO/c1-4-14-5-7-16(20-9-10-22-18(20)21)11-15(14)6-8-17-12(2)23-13(3)19-17;1-3(5)4-2/h5,7,11H,4,6,8-10H2,1-3H3;1-2H3,(H,4,5). The van der Waals surface area contributed by atoms with Crippen LogP contribution in [0.2, 0.25) is 0 Å². The van der Waals surface area contributed by atoms with Crippen molar-refractivity contribution in [2.75, 3.05) is 25.1 Å². The molecule has 1 fully saturated rings. The van der Waals surface area contributed by atoms with Gasteiger partial charge in [0, 0.05) is 24.5 Å². The third kappa shape index (κ3) is 5.79. The van der Waals surface area contributed by atoms with Gasteiger partial charge in [-0.1, -0.05) is 13.0 Å². The molecule has 1 aromatic carbocycles. The largest absolute Gasteiger partial charge is 0.447 e. The second-order valence-corrected chi connectivity index (χ2v) is 8.02. The average molecular weight is 404 g/mol. The number of aryl methyl sites for hydroxylation is 5. The van der Waals surface area contributed by atoms with Gasteiger partial charge in [0.05, 0.1) is 17.2 Å². The number of rotatable bonds is 5. The van der Waals surface area contributed by atoms with E-state index in [-0.39, 0.29) is 12.0 Å². The van der Waals surface area contributed by atoms with Crippen LogP contribution in [0.4, 0.5) is 10.5 Å². The number of nitrogens with one attached hydrogen (secondary N) is 1. The molecule has 0 unspecified atom stereocenters. The van der Waals surface area contributed by atoms with Gasteiger partial charge < -0.3 is 10.1 Å². The summed E-state index contributed by atoms with van der Waals surface area (Å²) in [6, 6.07) is 6.29. The van der Waals surface area contributed by atoms with E-state index in [9.17, 15) is 9.59 Å². The minimum atomic E-state index is -0.244. The van der Waals surface area contributed by atoms with E-state index in [1.54, 1.807) is 23.3 Å². The number of benzene rings is 1. The third-order valence-electron chi connectivity index (χ3n) is 4.63. The van der Waals surface area contributed by atoms with Crippen molar-refractivity contribution in [1.29, 1.82) is 0 Å². The molecule has 0 aliphatic carbocycles. The fourth-order valence-corrected chi connectivity index (χ4v) is 3.91. The van der Waals surface area contributed by atoms with Gasteiger partial charge in [-0.25, -0.2) is 9.78 Å². The maximum absolute atomic E-state index is 11.8. The average Bonchev–Trinajstić information content (AvgIpc) is 3.24. The molecule has 0 spiro atoms. The van der Waals surface area contributed by atoms with E-state index in [4.69, 9.17) is 4.74 Å². The smallest absolute Gasteiger partial charge is 0.414 e. The summed E-state index contributed by atoms with van der Waals surface area (Å²) in [5.41, 5.74) is 4.77. The number of cyclic esters (lactones) is 1. The molecule has 2 amide bonds. The van der Waals surface area contributed by atoms with Gasteiger partial charge in [0.15, 0.2) is 0 Å². The Morgan fingerprint density at radius 3 is 2.50 bits per heavy atom. The van der Waals surface area contributed by atoms with Crippen molar-refractivity contribution in [1.82, 2.24) is 10.3 Å². The minimum absolute atomic E-state index is 0.00463. The lowest BCUT2D eigenvalue weighted by Crippen LogP contribution is -2.23. The lowest BCUT2D eigenvalue weighted by molar-refractivity contribution is -0.118. The predicted octanol–water partition coefficient (Wildman–Crippen LogP) is 3.82. The lowest BCUT2D eigenvalue weighted by atomic mass is 9.99. The predicted molar refractivity (Wildman–Crippen MR) is 113 cm³/mol. The molecule has 2 heterocycles. The van der Waals surface area contributed by atoms with Crippen molar-refractivity contribution < 1.29 is 14.3 Å². The van der Waals surface area contributed by atoms with E-state index >= 15 is 0 Å². The number of hydrogen-bond donors (Lipinski definition) is 1. The Bertz CT molecular complexity index is 832. The van der Waals surface area contributed by atoms with Crippen LogP contribution in [0.5, 0.6) is 0 Å². The highest BCUT2D eigenvalue weighted by atomic mass is 32.1. The molecule has 7 heteroatoms. The van der Waals surface area contributed by atoms with Crippen LogP contribution in [0.15, 0.2) is 18.2 Å². The van der Waals surface area contributed by atoms with Gasteiger partial charge in [-0.3, -0.25) is 9.69 Å². The second-order valence-electron chi connectivity index (χ2n) is 6.61. The third-order valence-corrected chi connectivity index (χ3v) is 5.55. The van der Waals surface area contributed by atoms with E-state index in [0.717, 1.165) is 30.0 Å². The number of nitrogens with zero attached hydrogens (tertiary/aromatic N) is 2. The Morgan fingerprint density at radius 1 is 1.29 bits per heavy atom. The topological polar surface area (TPSA) is 71.5 Å². The number of hydrogen-bond acceptors (Lipinski definition) is 5. The summed E-state index contributed by atoms with van der Waals surface area (Å²) in [5.74, 6) is 0.00463. The number of carbonyl (C=O) groups excluding carboxylic acids is 2. The van der Waals surface area contributed by atoms with Gasteiger partial charge in [-0.2, -0.15) is 0 Å². The number of ether oxygens (including phenoxy) is 1. The Balaban J connectivity index is 0.000000500. The minimum Gasteiger partial charge on any atom is -0.447 e. The van der Waals surface area contributed by atoms with E-state index in [1.165, 1.54) is 28.6 Å². The van der Waals surface area contributed by atoms with Crippen LogP contribution in [0.1, 0.15) is 40.6 Å². The number of anilines is 1. The van der Waals surface area contributed by atoms with Gasteiger partial charge in [0.1, 0.15) is 6.61 Å². The molecule has 6 nitrogen and oxygen atoms in total. The highest BCUT2D eigenvalue weighted by Crippen LogP contribution is 2.25. The molecule has 1 saturated heterocycles. The van der Waals surface area contributed by atoms with Crippen LogP contribution in [-0.2, 0) is 28.8 Å². The van der Waals surface area contributed by atoms with Gasteiger partial charge >= 0.3 is 6.09 Å². The molecule has 2 aromatic rings. The Kier molecular flexibility index (Phi) is 7.99. The van der Waals surface area contributed by atoms with Crippen LogP contribution < -0.4 is 10.2 Å². The second kappa shape index (κ2) is 10.2. The first-order valence-corrected chi connectivity index (χ1v) is 10.3. The van der Waals surface area contributed by atoms with Gasteiger partial charge in [-0.05, 0) is 56.4 Å². The van der Waals surface area contributed by atoms with E-state index in [1.807, 2.05) is 6.07 Å². The summed E-state index contributed by atoms with van der Waals surface area (Å²) in [4.78, 5) is 29.1. The highest BCUT2D eigenvalue weighted by Gasteiger charge is 2.24. The van der Waals surface area contributed by atoms with Crippen molar-refractivity contribution in [3.63, 3.8) is 0 Å². The SMILES string of the molecule is CCc1ccc(N2CCOC2=O)cc1CCc1nc(C)sc1C.CNC(C)=O. The summed E-state index contributed by atoms with van der Waals surface area (Å²) in [6.45, 7) is 8.94. The summed E-state index contributed by atoms with van der Waals surface area (Å²) in [6.07, 6.45) is 2.64. The fourth-order valence-electron chi connectivity index (χ4n) is 3.04. The molecular weight excluding hydrogens is 374 g/mol. The maximum atomic E-state index is 11.8. The molecule has 1 aliphatic rings. The van der Waals surface area contributed by atoms with E-state index < -0.39 is 0 Å². The molecule has 1 N–H and O–H groups in total. The van der Waals surface area contributed by atoms with Crippen molar-refractivity contribution in [2.45, 2.75) is 47.0 Å². The normalized spacial score (nSPS) is 13.0. The zero-order chi connectivity index (χ0) is 20.7. The van der Waals surface area contributed by atoms with Crippen molar-refractivity contribution in [2.24, 2.45) is 0 Å². The molecule has 152 valence electrons. The Morgan fingerprint density at radius 2 is 2.00 bits per heavy atom. The summed E-state index contributed by atoms with van der Waals surface area (Å²) in [7, 11) is 1.60. The number of thiazole rings is 1. The first-order chi connectivity index (χ1) is 13.3. The molecular formula is C21H29N3O3S. The van der Waals surface area contributed by atoms with E-state index in [0.29, 0.717) is 13.2 Å². The van der Waals surface area contributed by atoms with Crippen LogP contribution in [0.3, 0.4) is 0 Å². The first-order valence-electron chi connectivity index (χ1n) is 9.53. The van der Waals surface area contributed by atoms with Crippen LogP contribution in [-0.4, -0.2) is 37.2 Å². The molecule has 28 heavy (non-hydrogen) atoms. The number of carbonyl (C=O) groups is 2. The van der Waals surface area contributed by atoms with Gasteiger partial charge in [0.2, 0.25) is 5.91 Å². The van der Waals surface area contributed by atoms with Gasteiger partial charge in [-0.15, -0.1) is 11.3 Å². The Hall–Kier alpha value is -2.41. The zero-order valence-corrected chi connectivity index (χ0v) is 18.1.